The molecule has 0 bridgehead atoms. The van der Waals surface area contributed by atoms with Crippen molar-refractivity contribution in [3.8, 4) is 0 Å². The third-order valence-corrected chi connectivity index (χ3v) is 3.58. The van der Waals surface area contributed by atoms with E-state index in [0.717, 1.165) is 0 Å². The third kappa shape index (κ3) is 2.00. The van der Waals surface area contributed by atoms with E-state index in [0.29, 0.717) is 11.5 Å². The second-order valence-electron chi connectivity index (χ2n) is 3.93. The Hall–Kier alpha value is 0.0500. The molecular weight excluding hydrogens is 154 g/mol. The molecule has 11 heavy (non-hydrogen) atoms. The van der Waals surface area contributed by atoms with Gasteiger partial charge in [0, 0.05) is 5.54 Å². The van der Waals surface area contributed by atoms with Crippen LogP contribution in [0.25, 0.3) is 0 Å². The zero-order valence-electron chi connectivity index (χ0n) is 7.77. The lowest BCUT2D eigenvalue weighted by Gasteiger charge is -2.37. The molecule has 1 unspecified atom stereocenters. The number of rotatable bonds is 1. The van der Waals surface area contributed by atoms with Gasteiger partial charge in [-0.25, -0.2) is 0 Å². The molecule has 0 aromatic carbocycles. The van der Waals surface area contributed by atoms with E-state index in [-0.39, 0.29) is 0 Å². The summed E-state index contributed by atoms with van der Waals surface area (Å²) in [4.78, 5) is 0. The highest BCUT2D eigenvalue weighted by molar-refractivity contribution is 8.00. The molecule has 0 spiro atoms. The van der Waals surface area contributed by atoms with Crippen molar-refractivity contribution in [2.45, 2.75) is 39.7 Å². The van der Waals surface area contributed by atoms with Gasteiger partial charge in [-0.1, -0.05) is 31.4 Å². The van der Waals surface area contributed by atoms with E-state index in [2.05, 4.69) is 37.8 Å². The van der Waals surface area contributed by atoms with Gasteiger partial charge in [0.1, 0.15) is 0 Å². The Morgan fingerprint density at radius 3 is 2.64 bits per heavy atom. The molecule has 0 aromatic rings. The summed E-state index contributed by atoms with van der Waals surface area (Å²) < 4.78 is 3.47. The van der Waals surface area contributed by atoms with Crippen LogP contribution in [0.1, 0.15) is 34.1 Å². The Bertz CT molecular complexity index is 174. The summed E-state index contributed by atoms with van der Waals surface area (Å²) >= 11 is 1.73. The summed E-state index contributed by atoms with van der Waals surface area (Å²) in [6, 6.07) is 0. The van der Waals surface area contributed by atoms with Crippen LogP contribution in [0, 0.1) is 5.92 Å². The largest absolute Gasteiger partial charge is 0.254 e. The zero-order valence-corrected chi connectivity index (χ0v) is 8.59. The Balaban J connectivity index is 2.68. The fraction of sp³-hybridized carbons (Fsp3) is 0.778. The van der Waals surface area contributed by atoms with Crippen molar-refractivity contribution in [2.75, 3.05) is 0 Å². The summed E-state index contributed by atoms with van der Waals surface area (Å²) in [6.07, 6.45) is 1.18. The van der Waals surface area contributed by atoms with Crippen LogP contribution in [0.15, 0.2) is 11.0 Å². The maximum Gasteiger partial charge on any atom is 0.0318 e. The average Bonchev–Trinajstić information content (AvgIpc) is 1.86. The molecule has 0 amide bonds. The molecular formula is C9H17NS. The molecule has 0 aromatic heterocycles. The van der Waals surface area contributed by atoms with Gasteiger partial charge in [-0.3, -0.25) is 4.72 Å². The zero-order chi connectivity index (χ0) is 8.48. The monoisotopic (exact) mass is 171 g/mol. The van der Waals surface area contributed by atoms with E-state index in [1.807, 2.05) is 0 Å². The van der Waals surface area contributed by atoms with E-state index in [1.54, 1.807) is 11.9 Å². The van der Waals surface area contributed by atoms with E-state index >= 15 is 0 Å². The maximum absolute atomic E-state index is 3.47. The van der Waals surface area contributed by atoms with Crippen molar-refractivity contribution >= 4 is 11.9 Å². The lowest BCUT2D eigenvalue weighted by Crippen LogP contribution is -2.44. The summed E-state index contributed by atoms with van der Waals surface area (Å²) in [6.45, 7) is 9.04. The normalized spacial score (nSPS) is 32.3. The molecule has 0 saturated heterocycles. The van der Waals surface area contributed by atoms with Crippen molar-refractivity contribution in [1.82, 2.24) is 4.72 Å². The molecule has 0 aliphatic carbocycles. The van der Waals surface area contributed by atoms with Crippen LogP contribution in [-0.4, -0.2) is 5.54 Å². The first-order valence-electron chi connectivity index (χ1n) is 4.13. The van der Waals surface area contributed by atoms with Crippen LogP contribution >= 0.6 is 11.9 Å². The van der Waals surface area contributed by atoms with Crippen molar-refractivity contribution in [1.29, 1.82) is 0 Å². The molecule has 2 heteroatoms. The standard InChI is InChI=1S/C9H17NS/c1-7(2)9(4)5-8(3)6-11-10-9/h6-7,10H,5H2,1-4H3. The highest BCUT2D eigenvalue weighted by atomic mass is 32.2. The van der Waals surface area contributed by atoms with E-state index in [9.17, 15) is 0 Å². The van der Waals surface area contributed by atoms with E-state index in [4.69, 9.17) is 0 Å². The molecule has 1 aliphatic rings. The minimum absolute atomic E-state index is 0.295. The topological polar surface area (TPSA) is 12.0 Å². The van der Waals surface area contributed by atoms with Crippen molar-refractivity contribution in [3.63, 3.8) is 0 Å². The maximum atomic E-state index is 3.47. The molecule has 1 heterocycles. The van der Waals surface area contributed by atoms with Crippen molar-refractivity contribution < 1.29 is 0 Å². The first-order chi connectivity index (χ1) is 5.04. The number of hydrogen-bond donors (Lipinski definition) is 1. The fourth-order valence-corrected chi connectivity index (χ4v) is 2.16. The first-order valence-corrected chi connectivity index (χ1v) is 5.01. The number of hydrogen-bond acceptors (Lipinski definition) is 2. The van der Waals surface area contributed by atoms with Gasteiger partial charge < -0.3 is 0 Å². The Morgan fingerprint density at radius 1 is 1.64 bits per heavy atom. The third-order valence-electron chi connectivity index (χ3n) is 2.47. The Labute approximate surface area is 73.8 Å². The second kappa shape index (κ2) is 3.20. The summed E-state index contributed by atoms with van der Waals surface area (Å²) in [5, 5.41) is 2.20. The molecule has 1 aliphatic heterocycles. The van der Waals surface area contributed by atoms with Crippen LogP contribution < -0.4 is 4.72 Å². The van der Waals surface area contributed by atoms with Crippen LogP contribution in [0.3, 0.4) is 0 Å². The second-order valence-corrected chi connectivity index (χ2v) is 4.61. The fourth-order valence-electron chi connectivity index (χ4n) is 1.24. The molecule has 0 saturated carbocycles. The summed E-state index contributed by atoms with van der Waals surface area (Å²) in [5.41, 5.74) is 1.79. The quantitative estimate of drug-likeness (QED) is 0.609. The molecule has 64 valence electrons. The molecule has 0 fully saturated rings. The van der Waals surface area contributed by atoms with Gasteiger partial charge >= 0.3 is 0 Å². The van der Waals surface area contributed by atoms with E-state index < -0.39 is 0 Å². The van der Waals surface area contributed by atoms with Gasteiger partial charge in [-0.05, 0) is 31.6 Å². The molecule has 1 atom stereocenters. The van der Waals surface area contributed by atoms with E-state index in [1.165, 1.54) is 12.0 Å². The molecule has 1 rings (SSSR count). The van der Waals surface area contributed by atoms with Crippen LogP contribution in [0.5, 0.6) is 0 Å². The minimum Gasteiger partial charge on any atom is -0.254 e. The van der Waals surface area contributed by atoms with Gasteiger partial charge in [0.15, 0.2) is 0 Å². The highest BCUT2D eigenvalue weighted by Gasteiger charge is 2.30. The van der Waals surface area contributed by atoms with Crippen LogP contribution in [0.2, 0.25) is 0 Å². The summed E-state index contributed by atoms with van der Waals surface area (Å²) in [7, 11) is 0. The number of nitrogens with one attached hydrogen (secondary N) is 1. The predicted octanol–water partition coefficient (Wildman–Crippen LogP) is 2.95. The van der Waals surface area contributed by atoms with Crippen LogP contribution in [-0.2, 0) is 0 Å². The highest BCUT2D eigenvalue weighted by Crippen LogP contribution is 2.31. The SMILES string of the molecule is CC1=CSNC(C)(C(C)C)C1. The molecule has 1 N–H and O–H groups in total. The van der Waals surface area contributed by atoms with Gasteiger partial charge in [0.2, 0.25) is 0 Å². The Morgan fingerprint density at radius 2 is 2.27 bits per heavy atom. The smallest absolute Gasteiger partial charge is 0.0318 e. The van der Waals surface area contributed by atoms with Gasteiger partial charge in [0.25, 0.3) is 0 Å². The van der Waals surface area contributed by atoms with Gasteiger partial charge in [-0.15, -0.1) is 0 Å². The Kier molecular flexibility index (Phi) is 2.66. The molecule has 0 radical (unpaired) electrons. The lowest BCUT2D eigenvalue weighted by molar-refractivity contribution is 0.310. The lowest BCUT2D eigenvalue weighted by atomic mass is 9.84. The van der Waals surface area contributed by atoms with Gasteiger partial charge in [0.05, 0.1) is 0 Å². The first kappa shape index (κ1) is 9.14. The average molecular weight is 171 g/mol. The van der Waals surface area contributed by atoms with Crippen LogP contribution in [0.4, 0.5) is 0 Å². The van der Waals surface area contributed by atoms with Gasteiger partial charge in [-0.2, -0.15) is 0 Å². The van der Waals surface area contributed by atoms with Crippen molar-refractivity contribution in [2.24, 2.45) is 5.92 Å². The summed E-state index contributed by atoms with van der Waals surface area (Å²) in [5.74, 6) is 0.693. The molecule has 1 nitrogen and oxygen atoms in total. The predicted molar refractivity (Wildman–Crippen MR) is 52.3 cm³/mol. The minimum atomic E-state index is 0.295. The van der Waals surface area contributed by atoms with Crippen molar-refractivity contribution in [3.05, 3.63) is 11.0 Å².